The molecule has 0 aromatic carbocycles. The molecule has 0 bridgehead atoms. The van der Waals surface area contributed by atoms with Gasteiger partial charge in [-0.05, 0) is 68.1 Å². The summed E-state index contributed by atoms with van der Waals surface area (Å²) in [6.45, 7) is 21.7. The highest BCUT2D eigenvalue weighted by Gasteiger charge is 2.08. The second-order valence-electron chi connectivity index (χ2n) is 14.2. The molecule has 0 heterocycles. The number of hydrogen-bond acceptors (Lipinski definition) is 0. The van der Waals surface area contributed by atoms with Crippen LogP contribution in [-0.2, 0) is 0 Å². The monoisotopic (exact) mass is 505 g/mol. The van der Waals surface area contributed by atoms with Crippen molar-refractivity contribution < 1.29 is 0 Å². The van der Waals surface area contributed by atoms with Crippen LogP contribution in [0.3, 0.4) is 0 Å². The molecular formula is C36H72. The molecule has 0 spiro atoms. The van der Waals surface area contributed by atoms with E-state index in [-0.39, 0.29) is 0 Å². The van der Waals surface area contributed by atoms with E-state index in [1.807, 2.05) is 0 Å². The Morgan fingerprint density at radius 1 is 0.417 bits per heavy atom. The number of rotatable bonds is 25. The lowest BCUT2D eigenvalue weighted by Gasteiger charge is -2.15. The van der Waals surface area contributed by atoms with E-state index in [9.17, 15) is 0 Å². The highest BCUT2D eigenvalue weighted by molar-refractivity contribution is 4.97. The maximum atomic E-state index is 2.55. The summed E-state index contributed by atoms with van der Waals surface area (Å²) in [7, 11) is 0. The maximum absolute atomic E-state index is 2.55. The van der Waals surface area contributed by atoms with Crippen molar-refractivity contribution in [3.63, 3.8) is 0 Å². The topological polar surface area (TPSA) is 0 Å². The normalized spacial score (nSPS) is 16.0. The number of allylic oxidation sites excluding steroid dienone is 2. The summed E-state index contributed by atoms with van der Waals surface area (Å²) in [4.78, 5) is 0. The minimum atomic E-state index is 0.872. The summed E-state index contributed by atoms with van der Waals surface area (Å²) in [5.41, 5.74) is 1.64. The van der Waals surface area contributed by atoms with Crippen molar-refractivity contribution in [2.45, 2.75) is 184 Å². The third-order valence-corrected chi connectivity index (χ3v) is 8.66. The lowest BCUT2D eigenvalue weighted by atomic mass is 9.91. The zero-order valence-corrected chi connectivity index (χ0v) is 27.0. The van der Waals surface area contributed by atoms with Crippen LogP contribution in [0.2, 0.25) is 0 Å². The average Bonchev–Trinajstić information content (AvgIpc) is 2.78. The summed E-state index contributed by atoms with van der Waals surface area (Å²) < 4.78 is 0. The van der Waals surface area contributed by atoms with Crippen LogP contribution in [0.4, 0.5) is 0 Å². The molecule has 4 atom stereocenters. The van der Waals surface area contributed by atoms with Gasteiger partial charge in [-0.1, -0.05) is 163 Å². The molecule has 0 saturated carbocycles. The smallest absolute Gasteiger partial charge is 0.0323 e. The third kappa shape index (κ3) is 25.4. The first kappa shape index (κ1) is 35.7. The van der Waals surface area contributed by atoms with E-state index in [4.69, 9.17) is 0 Å². The van der Waals surface area contributed by atoms with Gasteiger partial charge in [-0.3, -0.25) is 0 Å². The largest absolute Gasteiger partial charge is 0.0856 e. The van der Waals surface area contributed by atoms with Crippen molar-refractivity contribution in [2.75, 3.05) is 0 Å². The van der Waals surface area contributed by atoms with Crippen molar-refractivity contribution in [3.05, 3.63) is 11.6 Å². The maximum Gasteiger partial charge on any atom is -0.0323 e. The standard InChI is InChI=1S/C36H72/c1-30(2)18-13-22-34(7)26-15-24-32(5)20-11-10-12-21-33(6)25-16-28-36(9)29-17-27-35(8)23-14-19-31(3)4/h21,30-32,34-36H,10-20,22-29H2,1-9H3. The zero-order valence-electron chi connectivity index (χ0n) is 27.0. The Balaban J connectivity index is 3.66. The Morgan fingerprint density at radius 3 is 1.14 bits per heavy atom. The summed E-state index contributed by atoms with van der Waals surface area (Å²) >= 11 is 0. The van der Waals surface area contributed by atoms with E-state index in [2.05, 4.69) is 68.4 Å². The van der Waals surface area contributed by atoms with Crippen LogP contribution in [0.5, 0.6) is 0 Å². The molecule has 0 aromatic heterocycles. The van der Waals surface area contributed by atoms with Crippen LogP contribution in [0.15, 0.2) is 11.6 Å². The third-order valence-electron chi connectivity index (χ3n) is 8.66. The van der Waals surface area contributed by atoms with E-state index >= 15 is 0 Å². The Kier molecular flexibility index (Phi) is 23.7. The number of hydrogen-bond donors (Lipinski definition) is 0. The van der Waals surface area contributed by atoms with E-state index in [0.717, 1.165) is 35.5 Å². The van der Waals surface area contributed by atoms with Gasteiger partial charge in [0.2, 0.25) is 0 Å². The van der Waals surface area contributed by atoms with Crippen molar-refractivity contribution in [1.82, 2.24) is 0 Å². The van der Waals surface area contributed by atoms with Crippen molar-refractivity contribution >= 4 is 0 Å². The molecule has 0 aliphatic rings. The highest BCUT2D eigenvalue weighted by atomic mass is 14.1. The van der Waals surface area contributed by atoms with Gasteiger partial charge in [0.1, 0.15) is 0 Å². The lowest BCUT2D eigenvalue weighted by Crippen LogP contribution is -2.00. The lowest BCUT2D eigenvalue weighted by molar-refractivity contribution is 0.387. The predicted molar refractivity (Wildman–Crippen MR) is 168 cm³/mol. The van der Waals surface area contributed by atoms with Crippen LogP contribution >= 0.6 is 0 Å². The predicted octanol–water partition coefficient (Wildman–Crippen LogP) is 13.2. The van der Waals surface area contributed by atoms with Crippen LogP contribution < -0.4 is 0 Å². The Labute approximate surface area is 231 Å². The molecule has 0 N–H and O–H groups in total. The van der Waals surface area contributed by atoms with Gasteiger partial charge in [0.25, 0.3) is 0 Å². The Hall–Kier alpha value is -0.260. The van der Waals surface area contributed by atoms with E-state index in [0.29, 0.717) is 0 Å². The van der Waals surface area contributed by atoms with Crippen LogP contribution in [0.1, 0.15) is 184 Å². The molecule has 0 fully saturated rings. The molecule has 4 unspecified atom stereocenters. The van der Waals surface area contributed by atoms with E-state index < -0.39 is 0 Å². The fourth-order valence-corrected chi connectivity index (χ4v) is 5.77. The van der Waals surface area contributed by atoms with Crippen molar-refractivity contribution in [1.29, 1.82) is 0 Å². The minimum Gasteiger partial charge on any atom is -0.0856 e. The van der Waals surface area contributed by atoms with Gasteiger partial charge in [0.05, 0.1) is 0 Å². The first-order chi connectivity index (χ1) is 17.1. The molecule has 36 heavy (non-hydrogen) atoms. The quantitative estimate of drug-likeness (QED) is 0.0856. The molecule has 216 valence electrons. The molecular weight excluding hydrogens is 432 g/mol. The molecule has 0 radical (unpaired) electrons. The number of unbranched alkanes of at least 4 members (excludes halogenated alkanes) is 2. The van der Waals surface area contributed by atoms with Crippen molar-refractivity contribution in [3.8, 4) is 0 Å². The summed E-state index contributed by atoms with van der Waals surface area (Å²) in [6.07, 6.45) is 29.4. The van der Waals surface area contributed by atoms with Crippen LogP contribution in [0.25, 0.3) is 0 Å². The molecule has 0 aliphatic carbocycles. The summed E-state index contributed by atoms with van der Waals surface area (Å²) in [5.74, 6) is 5.43. The SMILES string of the molecule is CC(=CCCCCC(C)CCCC(C)CCCC(C)C)CCCC(C)CCCC(C)CCCC(C)C. The Bertz CT molecular complexity index is 484. The van der Waals surface area contributed by atoms with Gasteiger partial charge in [0.15, 0.2) is 0 Å². The van der Waals surface area contributed by atoms with Crippen molar-refractivity contribution in [2.24, 2.45) is 35.5 Å². The molecule has 0 rings (SSSR count). The molecule has 0 heteroatoms. The van der Waals surface area contributed by atoms with Crippen LogP contribution in [0, 0.1) is 35.5 Å². The molecule has 0 aromatic rings. The second kappa shape index (κ2) is 23.8. The van der Waals surface area contributed by atoms with Crippen LogP contribution in [-0.4, -0.2) is 0 Å². The van der Waals surface area contributed by atoms with Gasteiger partial charge in [-0.25, -0.2) is 0 Å². The first-order valence-electron chi connectivity index (χ1n) is 16.8. The van der Waals surface area contributed by atoms with E-state index in [1.165, 1.54) is 122 Å². The molecule has 0 amide bonds. The Morgan fingerprint density at radius 2 is 0.750 bits per heavy atom. The zero-order chi connectivity index (χ0) is 27.2. The molecule has 0 saturated heterocycles. The second-order valence-corrected chi connectivity index (χ2v) is 14.2. The average molecular weight is 505 g/mol. The highest BCUT2D eigenvalue weighted by Crippen LogP contribution is 2.23. The summed E-state index contributed by atoms with van der Waals surface area (Å²) in [5, 5.41) is 0. The summed E-state index contributed by atoms with van der Waals surface area (Å²) in [6, 6.07) is 0. The van der Waals surface area contributed by atoms with Gasteiger partial charge < -0.3 is 0 Å². The fraction of sp³-hybridized carbons (Fsp3) is 0.944. The van der Waals surface area contributed by atoms with Gasteiger partial charge in [0, 0.05) is 0 Å². The minimum absolute atomic E-state index is 0.872. The molecule has 0 aliphatic heterocycles. The first-order valence-corrected chi connectivity index (χ1v) is 16.8. The molecule has 0 nitrogen and oxygen atoms in total. The fourth-order valence-electron chi connectivity index (χ4n) is 5.77. The van der Waals surface area contributed by atoms with E-state index in [1.54, 1.807) is 5.57 Å². The van der Waals surface area contributed by atoms with Gasteiger partial charge >= 0.3 is 0 Å². The van der Waals surface area contributed by atoms with Gasteiger partial charge in [-0.15, -0.1) is 0 Å². The van der Waals surface area contributed by atoms with Gasteiger partial charge in [-0.2, -0.15) is 0 Å².